The van der Waals surface area contributed by atoms with Crippen molar-refractivity contribution in [1.82, 2.24) is 0 Å². The van der Waals surface area contributed by atoms with E-state index in [0.29, 0.717) is 21.5 Å². The second-order valence-electron chi connectivity index (χ2n) is 3.68. The summed E-state index contributed by atoms with van der Waals surface area (Å²) in [5.74, 6) is 0.385. The second kappa shape index (κ2) is 4.75. The highest BCUT2D eigenvalue weighted by Gasteiger charge is 2.09. The molecule has 0 unspecified atom stereocenters. The molecule has 2 nitrogen and oxygen atoms in total. The highest BCUT2D eigenvalue weighted by Crippen LogP contribution is 2.32. The molecule has 0 radical (unpaired) electrons. The Morgan fingerprint density at radius 2 is 1.94 bits per heavy atom. The van der Waals surface area contributed by atoms with Crippen LogP contribution in [-0.2, 0) is 0 Å². The minimum absolute atomic E-state index is 0.204. The fraction of sp³-hybridized carbons (Fsp3) is 0.0769. The predicted octanol–water partition coefficient (Wildman–Crippen LogP) is 4.27. The van der Waals surface area contributed by atoms with Crippen molar-refractivity contribution < 1.29 is 9.13 Å². The van der Waals surface area contributed by atoms with Gasteiger partial charge in [0, 0.05) is 5.69 Å². The van der Waals surface area contributed by atoms with E-state index in [0.717, 1.165) is 0 Å². The van der Waals surface area contributed by atoms with Gasteiger partial charge in [-0.05, 0) is 52.7 Å². The molecule has 0 bridgehead atoms. The summed E-state index contributed by atoms with van der Waals surface area (Å²) in [7, 11) is 0. The first-order valence-corrected chi connectivity index (χ1v) is 5.85. The Hall–Kier alpha value is -1.55. The number of hydrogen-bond donors (Lipinski definition) is 1. The second-order valence-corrected chi connectivity index (χ2v) is 4.53. The summed E-state index contributed by atoms with van der Waals surface area (Å²) in [4.78, 5) is 0. The van der Waals surface area contributed by atoms with E-state index >= 15 is 0 Å². The Morgan fingerprint density at radius 1 is 1.18 bits per heavy atom. The third-order valence-electron chi connectivity index (χ3n) is 2.33. The molecule has 0 spiro atoms. The number of rotatable bonds is 2. The molecule has 0 amide bonds. The summed E-state index contributed by atoms with van der Waals surface area (Å²) in [6, 6.07) is 10.1. The smallest absolute Gasteiger partial charge is 0.168 e. The average Bonchev–Trinajstić information content (AvgIpc) is 2.28. The van der Waals surface area contributed by atoms with Gasteiger partial charge in [0.1, 0.15) is 5.75 Å². The number of ether oxygens (including phenoxy) is 1. The quantitative estimate of drug-likeness (QED) is 0.840. The van der Waals surface area contributed by atoms with E-state index < -0.39 is 0 Å². The van der Waals surface area contributed by atoms with Crippen LogP contribution in [0.3, 0.4) is 0 Å². The number of aryl methyl sites for hydroxylation is 1. The first-order valence-electron chi connectivity index (χ1n) is 5.06. The molecule has 2 aromatic rings. The zero-order valence-corrected chi connectivity index (χ0v) is 10.8. The molecule has 2 aromatic carbocycles. The molecule has 0 heterocycles. The van der Waals surface area contributed by atoms with Gasteiger partial charge in [-0.3, -0.25) is 0 Å². The monoisotopic (exact) mass is 295 g/mol. The Balaban J connectivity index is 2.35. The van der Waals surface area contributed by atoms with E-state index in [9.17, 15) is 4.39 Å². The van der Waals surface area contributed by atoms with Crippen LogP contribution in [0.5, 0.6) is 11.5 Å². The van der Waals surface area contributed by atoms with Crippen LogP contribution in [0.25, 0.3) is 0 Å². The van der Waals surface area contributed by atoms with Crippen LogP contribution in [0.1, 0.15) is 5.56 Å². The van der Waals surface area contributed by atoms with Gasteiger partial charge >= 0.3 is 0 Å². The molecule has 0 saturated heterocycles. The van der Waals surface area contributed by atoms with Gasteiger partial charge in [0.25, 0.3) is 0 Å². The van der Waals surface area contributed by atoms with Crippen LogP contribution in [0, 0.1) is 12.7 Å². The highest BCUT2D eigenvalue weighted by atomic mass is 79.9. The molecular weight excluding hydrogens is 285 g/mol. The zero-order chi connectivity index (χ0) is 12.4. The lowest BCUT2D eigenvalue weighted by Gasteiger charge is -2.10. The average molecular weight is 296 g/mol. The van der Waals surface area contributed by atoms with Crippen molar-refractivity contribution in [2.75, 3.05) is 5.73 Å². The summed E-state index contributed by atoms with van der Waals surface area (Å²) in [5, 5.41) is 0. The van der Waals surface area contributed by atoms with Gasteiger partial charge in [0.2, 0.25) is 0 Å². The van der Waals surface area contributed by atoms with Gasteiger partial charge in [-0.2, -0.15) is 0 Å². The Kier molecular flexibility index (Phi) is 3.33. The standard InChI is InChI=1S/C13H11BrFNO/c1-8-3-2-4-12(13(8)15)17-11-6-5-9(16)7-10(11)14/h2-7H,16H2,1H3. The number of nitrogen functional groups attached to an aromatic ring is 1. The molecule has 0 saturated carbocycles. The van der Waals surface area contributed by atoms with Crippen LogP contribution in [-0.4, -0.2) is 0 Å². The van der Waals surface area contributed by atoms with Crippen molar-refractivity contribution >= 4 is 21.6 Å². The van der Waals surface area contributed by atoms with Gasteiger partial charge in [-0.1, -0.05) is 12.1 Å². The van der Waals surface area contributed by atoms with Gasteiger partial charge in [0.15, 0.2) is 11.6 Å². The van der Waals surface area contributed by atoms with E-state index in [1.54, 1.807) is 43.3 Å². The fourth-order valence-corrected chi connectivity index (χ4v) is 1.90. The van der Waals surface area contributed by atoms with Crippen LogP contribution in [0.15, 0.2) is 40.9 Å². The largest absolute Gasteiger partial charge is 0.453 e. The molecule has 0 fully saturated rings. The van der Waals surface area contributed by atoms with Crippen molar-refractivity contribution in [2.24, 2.45) is 0 Å². The van der Waals surface area contributed by atoms with Crippen molar-refractivity contribution in [3.05, 3.63) is 52.3 Å². The SMILES string of the molecule is Cc1cccc(Oc2ccc(N)cc2Br)c1F. The van der Waals surface area contributed by atoms with Crippen molar-refractivity contribution in [3.63, 3.8) is 0 Å². The summed E-state index contributed by atoms with van der Waals surface area (Å²) >= 11 is 3.32. The van der Waals surface area contributed by atoms with E-state index in [1.807, 2.05) is 0 Å². The van der Waals surface area contributed by atoms with Crippen molar-refractivity contribution in [3.8, 4) is 11.5 Å². The third kappa shape index (κ3) is 2.58. The number of anilines is 1. The van der Waals surface area contributed by atoms with Crippen molar-refractivity contribution in [2.45, 2.75) is 6.92 Å². The molecule has 0 aliphatic rings. The first kappa shape index (κ1) is 11.9. The van der Waals surface area contributed by atoms with Crippen LogP contribution < -0.4 is 10.5 Å². The Morgan fingerprint density at radius 3 is 2.65 bits per heavy atom. The molecule has 0 aromatic heterocycles. The first-order chi connectivity index (χ1) is 8.08. The van der Waals surface area contributed by atoms with Gasteiger partial charge in [-0.25, -0.2) is 4.39 Å². The minimum Gasteiger partial charge on any atom is -0.453 e. The van der Waals surface area contributed by atoms with Gasteiger partial charge in [-0.15, -0.1) is 0 Å². The number of nitrogens with two attached hydrogens (primary N) is 1. The van der Waals surface area contributed by atoms with Gasteiger partial charge < -0.3 is 10.5 Å². The van der Waals surface area contributed by atoms with Gasteiger partial charge in [0.05, 0.1) is 4.47 Å². The fourth-order valence-electron chi connectivity index (χ4n) is 1.42. The molecular formula is C13H11BrFNO. The molecule has 0 aliphatic carbocycles. The maximum absolute atomic E-state index is 13.7. The molecule has 0 atom stereocenters. The number of benzene rings is 2. The molecule has 88 valence electrons. The van der Waals surface area contributed by atoms with E-state index in [1.165, 1.54) is 0 Å². The third-order valence-corrected chi connectivity index (χ3v) is 2.95. The zero-order valence-electron chi connectivity index (χ0n) is 9.21. The van der Waals surface area contributed by atoms with Crippen LogP contribution >= 0.6 is 15.9 Å². The summed E-state index contributed by atoms with van der Waals surface area (Å²) in [6.45, 7) is 1.69. The lowest BCUT2D eigenvalue weighted by Crippen LogP contribution is -1.92. The Labute approximate surface area is 107 Å². The van der Waals surface area contributed by atoms with E-state index in [-0.39, 0.29) is 11.6 Å². The van der Waals surface area contributed by atoms with Crippen LogP contribution in [0.4, 0.5) is 10.1 Å². The molecule has 0 aliphatic heterocycles. The maximum Gasteiger partial charge on any atom is 0.168 e. The van der Waals surface area contributed by atoms with Crippen LogP contribution in [0.2, 0.25) is 0 Å². The normalized spacial score (nSPS) is 10.3. The molecule has 17 heavy (non-hydrogen) atoms. The summed E-state index contributed by atoms with van der Waals surface area (Å²) in [6.07, 6.45) is 0. The van der Waals surface area contributed by atoms with Crippen molar-refractivity contribution in [1.29, 1.82) is 0 Å². The highest BCUT2D eigenvalue weighted by molar-refractivity contribution is 9.10. The lowest BCUT2D eigenvalue weighted by molar-refractivity contribution is 0.438. The van der Waals surface area contributed by atoms with E-state index in [4.69, 9.17) is 10.5 Å². The minimum atomic E-state index is -0.351. The number of halogens is 2. The lowest BCUT2D eigenvalue weighted by atomic mass is 10.2. The summed E-state index contributed by atoms with van der Waals surface area (Å²) in [5.41, 5.74) is 6.78. The van der Waals surface area contributed by atoms with E-state index in [2.05, 4.69) is 15.9 Å². The predicted molar refractivity (Wildman–Crippen MR) is 69.8 cm³/mol. The Bertz CT molecular complexity index is 557. The maximum atomic E-state index is 13.7. The molecule has 2 N–H and O–H groups in total. The summed E-state index contributed by atoms with van der Waals surface area (Å²) < 4.78 is 19.9. The molecule has 4 heteroatoms. The number of hydrogen-bond acceptors (Lipinski definition) is 2. The molecule has 2 rings (SSSR count). The topological polar surface area (TPSA) is 35.2 Å².